The van der Waals surface area contributed by atoms with Crippen molar-refractivity contribution >= 4 is 35.1 Å². The summed E-state index contributed by atoms with van der Waals surface area (Å²) in [6.45, 7) is 1.94. The van der Waals surface area contributed by atoms with E-state index in [-0.39, 0.29) is 30.5 Å². The first kappa shape index (κ1) is 19.4. The number of amides is 2. The second-order valence-electron chi connectivity index (χ2n) is 5.32. The predicted molar refractivity (Wildman–Crippen MR) is 98.9 cm³/mol. The molecule has 0 saturated heterocycles. The number of pyridine rings is 1. The van der Waals surface area contributed by atoms with Crippen LogP contribution in [0.2, 0.25) is 0 Å². The van der Waals surface area contributed by atoms with Crippen molar-refractivity contribution in [1.29, 1.82) is 0 Å². The minimum atomic E-state index is -0.472. The summed E-state index contributed by atoms with van der Waals surface area (Å²) in [6.07, 6.45) is 1.71. The first-order valence-corrected chi connectivity index (χ1v) is 8.73. The van der Waals surface area contributed by atoms with Crippen molar-refractivity contribution in [2.45, 2.75) is 23.5 Å². The number of rotatable bonds is 8. The number of nitrogens with zero attached hydrogens (tertiary/aromatic N) is 2. The molecule has 0 spiro atoms. The number of non-ortho nitro benzene ring substituents is 1. The average molecular weight is 374 g/mol. The number of carbonyl (C=O) groups is 2. The Kier molecular flexibility index (Phi) is 7.10. The Morgan fingerprint density at radius 3 is 2.58 bits per heavy atom. The summed E-state index contributed by atoms with van der Waals surface area (Å²) < 4.78 is 0. The molecule has 1 atom stereocenters. The van der Waals surface area contributed by atoms with Gasteiger partial charge in [-0.3, -0.25) is 19.7 Å². The maximum Gasteiger partial charge on any atom is 0.269 e. The number of aromatic nitrogens is 1. The van der Waals surface area contributed by atoms with Gasteiger partial charge in [0.2, 0.25) is 11.8 Å². The summed E-state index contributed by atoms with van der Waals surface area (Å²) in [5, 5.41) is 15.6. The number of hydrogen-bond acceptors (Lipinski definition) is 6. The van der Waals surface area contributed by atoms with E-state index < -0.39 is 10.2 Å². The van der Waals surface area contributed by atoms with E-state index in [1.807, 2.05) is 0 Å². The van der Waals surface area contributed by atoms with E-state index in [0.717, 1.165) is 4.90 Å². The number of nitro benzene ring substituents is 1. The number of thioether (sulfide) groups is 1. The summed E-state index contributed by atoms with van der Waals surface area (Å²) >= 11 is 1.29. The van der Waals surface area contributed by atoms with E-state index in [4.69, 9.17) is 0 Å². The molecule has 8 nitrogen and oxygen atoms in total. The van der Waals surface area contributed by atoms with Gasteiger partial charge < -0.3 is 10.6 Å². The summed E-state index contributed by atoms with van der Waals surface area (Å²) in [6, 6.07) is 11.2. The number of nitrogens with one attached hydrogen (secondary N) is 2. The molecule has 0 bridgehead atoms. The number of nitro groups is 1. The van der Waals surface area contributed by atoms with Crippen molar-refractivity contribution in [1.82, 2.24) is 10.3 Å². The van der Waals surface area contributed by atoms with Crippen LogP contribution in [0.15, 0.2) is 53.6 Å². The molecule has 136 valence electrons. The van der Waals surface area contributed by atoms with E-state index in [2.05, 4.69) is 15.6 Å². The first-order chi connectivity index (χ1) is 12.5. The third-order valence-corrected chi connectivity index (χ3v) is 4.43. The fourth-order valence-corrected chi connectivity index (χ4v) is 2.88. The third kappa shape index (κ3) is 6.17. The van der Waals surface area contributed by atoms with Crippen molar-refractivity contribution < 1.29 is 14.5 Å². The zero-order chi connectivity index (χ0) is 18.9. The largest absolute Gasteiger partial charge is 0.355 e. The minimum absolute atomic E-state index is 0.00497. The zero-order valence-corrected chi connectivity index (χ0v) is 14.9. The number of anilines is 1. The monoisotopic (exact) mass is 374 g/mol. The van der Waals surface area contributed by atoms with Crippen molar-refractivity contribution in [3.05, 3.63) is 58.8 Å². The minimum Gasteiger partial charge on any atom is -0.355 e. The van der Waals surface area contributed by atoms with Crippen molar-refractivity contribution in [3.63, 3.8) is 0 Å². The van der Waals surface area contributed by atoms with Crippen molar-refractivity contribution in [2.24, 2.45) is 0 Å². The van der Waals surface area contributed by atoms with Gasteiger partial charge >= 0.3 is 0 Å². The molecule has 0 unspecified atom stereocenters. The van der Waals surface area contributed by atoms with Crippen LogP contribution in [-0.2, 0) is 9.59 Å². The lowest BCUT2D eigenvalue weighted by Gasteiger charge is -2.12. The van der Waals surface area contributed by atoms with E-state index in [9.17, 15) is 19.7 Å². The van der Waals surface area contributed by atoms with E-state index in [1.54, 1.807) is 43.5 Å². The van der Waals surface area contributed by atoms with Crippen LogP contribution in [0.1, 0.15) is 13.3 Å². The average Bonchev–Trinajstić information content (AvgIpc) is 2.62. The van der Waals surface area contributed by atoms with Crippen LogP contribution >= 0.6 is 11.8 Å². The molecule has 9 heteroatoms. The Hall–Kier alpha value is -2.94. The lowest BCUT2D eigenvalue weighted by molar-refractivity contribution is -0.384. The lowest BCUT2D eigenvalue weighted by Crippen LogP contribution is -2.33. The van der Waals surface area contributed by atoms with Crippen molar-refractivity contribution in [3.8, 4) is 0 Å². The SMILES string of the molecule is C[C@H](Sc1ccc([N+](=O)[O-])cc1)C(=O)NCCC(=O)Nc1ccccn1. The molecular weight excluding hydrogens is 356 g/mol. The fourth-order valence-electron chi connectivity index (χ4n) is 1.99. The molecule has 1 heterocycles. The normalized spacial score (nSPS) is 11.4. The summed E-state index contributed by atoms with van der Waals surface area (Å²) in [7, 11) is 0. The molecular formula is C17H18N4O4S. The maximum absolute atomic E-state index is 12.1. The van der Waals surface area contributed by atoms with Gasteiger partial charge in [0.25, 0.3) is 5.69 Å². The Morgan fingerprint density at radius 2 is 1.96 bits per heavy atom. The Labute approximate surface area is 154 Å². The van der Waals surface area contributed by atoms with Crippen LogP contribution < -0.4 is 10.6 Å². The van der Waals surface area contributed by atoms with Gasteiger partial charge in [-0.1, -0.05) is 6.07 Å². The predicted octanol–water partition coefficient (Wildman–Crippen LogP) is 2.62. The molecule has 0 aliphatic rings. The standard InChI is InChI=1S/C17H18N4O4S/c1-12(26-14-7-5-13(6-8-14)21(24)25)17(23)19-11-9-16(22)20-15-4-2-3-10-18-15/h2-8,10,12H,9,11H2,1H3,(H,19,23)(H,18,20,22)/t12-/m0/s1. The van der Waals surface area contributed by atoms with Gasteiger partial charge in [0.05, 0.1) is 10.2 Å². The Bertz CT molecular complexity index is 768. The highest BCUT2D eigenvalue weighted by atomic mass is 32.2. The van der Waals surface area contributed by atoms with Crippen molar-refractivity contribution in [2.75, 3.05) is 11.9 Å². The van der Waals surface area contributed by atoms with Crippen LogP contribution in [0.5, 0.6) is 0 Å². The number of carbonyl (C=O) groups excluding carboxylic acids is 2. The molecule has 2 N–H and O–H groups in total. The van der Waals surface area contributed by atoms with Gasteiger partial charge in [-0.25, -0.2) is 4.98 Å². The van der Waals surface area contributed by atoms with Gasteiger partial charge in [0.15, 0.2) is 0 Å². The second-order valence-corrected chi connectivity index (χ2v) is 6.73. The van der Waals surface area contributed by atoms with Crippen LogP contribution in [0.3, 0.4) is 0 Å². The lowest BCUT2D eigenvalue weighted by atomic mass is 10.3. The first-order valence-electron chi connectivity index (χ1n) is 7.85. The van der Waals surface area contributed by atoms with Crippen LogP contribution in [0.4, 0.5) is 11.5 Å². The third-order valence-electron chi connectivity index (χ3n) is 3.31. The molecule has 0 aliphatic heterocycles. The van der Waals surface area contributed by atoms with Gasteiger partial charge in [0.1, 0.15) is 5.82 Å². The molecule has 1 aromatic heterocycles. The highest BCUT2D eigenvalue weighted by Crippen LogP contribution is 2.25. The van der Waals surface area contributed by atoms with Gasteiger partial charge in [-0.05, 0) is 31.2 Å². The smallest absolute Gasteiger partial charge is 0.269 e. The molecule has 2 rings (SSSR count). The molecule has 1 aromatic carbocycles. The molecule has 26 heavy (non-hydrogen) atoms. The molecule has 0 fully saturated rings. The zero-order valence-electron chi connectivity index (χ0n) is 14.0. The fraction of sp³-hybridized carbons (Fsp3) is 0.235. The van der Waals surface area contributed by atoms with Gasteiger partial charge in [0, 0.05) is 36.2 Å². The molecule has 2 aromatic rings. The summed E-state index contributed by atoms with van der Waals surface area (Å²) in [5.74, 6) is 0.0181. The summed E-state index contributed by atoms with van der Waals surface area (Å²) in [5.41, 5.74) is 0.00497. The highest BCUT2D eigenvalue weighted by Gasteiger charge is 2.15. The molecule has 0 radical (unpaired) electrons. The topological polar surface area (TPSA) is 114 Å². The Morgan fingerprint density at radius 1 is 1.23 bits per heavy atom. The second kappa shape index (κ2) is 9.52. The van der Waals surface area contributed by atoms with E-state index in [1.165, 1.54) is 23.9 Å². The van der Waals surface area contributed by atoms with E-state index in [0.29, 0.717) is 5.82 Å². The van der Waals surface area contributed by atoms with Gasteiger partial charge in [-0.2, -0.15) is 0 Å². The quantitative estimate of drug-likeness (QED) is 0.417. The Balaban J connectivity index is 1.73. The molecule has 0 saturated carbocycles. The number of hydrogen-bond donors (Lipinski definition) is 2. The maximum atomic E-state index is 12.1. The van der Waals surface area contributed by atoms with Crippen LogP contribution in [0, 0.1) is 10.1 Å². The van der Waals surface area contributed by atoms with Gasteiger partial charge in [-0.15, -0.1) is 11.8 Å². The molecule has 0 aliphatic carbocycles. The highest BCUT2D eigenvalue weighted by molar-refractivity contribution is 8.00. The number of benzene rings is 1. The molecule has 2 amide bonds. The van der Waals surface area contributed by atoms with Crippen LogP contribution in [-0.4, -0.2) is 33.5 Å². The van der Waals surface area contributed by atoms with Crippen LogP contribution in [0.25, 0.3) is 0 Å². The summed E-state index contributed by atoms with van der Waals surface area (Å²) in [4.78, 5) is 38.8. The van der Waals surface area contributed by atoms with E-state index >= 15 is 0 Å².